The molecular formula is C30H26MnN6O6+. The van der Waals surface area contributed by atoms with E-state index >= 15 is 0 Å². The molecule has 43 heavy (non-hydrogen) atoms. The Morgan fingerprint density at radius 1 is 0.721 bits per heavy atom. The number of nitroso groups, excluding NO2 is 1. The molecular weight excluding hydrogens is 595 g/mol. The van der Waals surface area contributed by atoms with Gasteiger partial charge in [0.15, 0.2) is 0 Å². The number of nitrogens with zero attached hydrogens (tertiary/aromatic N) is 6. The molecule has 8 bridgehead atoms. The molecule has 1 amide bonds. The molecule has 0 unspecified atom stereocenters. The number of methoxy groups -OCH3 is 2. The monoisotopic (exact) mass is 621 g/mol. The van der Waals surface area contributed by atoms with Crippen molar-refractivity contribution in [3.8, 4) is 0 Å². The van der Waals surface area contributed by atoms with Crippen molar-refractivity contribution < 1.29 is 40.9 Å². The third-order valence-electron chi connectivity index (χ3n) is 6.85. The number of rotatable bonds is 5. The summed E-state index contributed by atoms with van der Waals surface area (Å²) < 4.78 is 10.1. The minimum atomic E-state index is -1.30. The van der Waals surface area contributed by atoms with E-state index in [1.807, 2.05) is 0 Å². The summed E-state index contributed by atoms with van der Waals surface area (Å²) in [4.78, 5) is 71.4. The van der Waals surface area contributed by atoms with E-state index in [0.717, 1.165) is 0 Å². The van der Waals surface area contributed by atoms with Crippen LogP contribution in [-0.4, -0.2) is 61.0 Å². The van der Waals surface area contributed by atoms with Gasteiger partial charge in [-0.25, -0.2) is 19.6 Å². The van der Waals surface area contributed by atoms with Gasteiger partial charge in [-0.2, -0.15) is 0 Å². The molecule has 0 saturated heterocycles. The minimum Gasteiger partial charge on any atom is -0.657 e. The predicted octanol–water partition coefficient (Wildman–Crippen LogP) is 4.19. The van der Waals surface area contributed by atoms with Crippen LogP contribution in [0.3, 0.4) is 0 Å². The van der Waals surface area contributed by atoms with Crippen molar-refractivity contribution in [1.29, 1.82) is 0 Å². The summed E-state index contributed by atoms with van der Waals surface area (Å²) >= 11 is 0. The zero-order valence-electron chi connectivity index (χ0n) is 24.1. The fourth-order valence-electron chi connectivity index (χ4n) is 4.83. The molecule has 0 N–H and O–H groups in total. The number of hydrogen-bond donors (Lipinski definition) is 0. The molecule has 0 radical (unpaired) electrons. The summed E-state index contributed by atoms with van der Waals surface area (Å²) in [6.07, 6.45) is 6.42. The molecule has 3 aromatic heterocycles. The van der Waals surface area contributed by atoms with Crippen molar-refractivity contribution in [3.63, 3.8) is 0 Å². The quantitative estimate of drug-likeness (QED) is 0.158. The number of aromatic nitrogens is 4. The van der Waals surface area contributed by atoms with Gasteiger partial charge < -0.3 is 24.3 Å². The van der Waals surface area contributed by atoms with Crippen molar-refractivity contribution in [2.45, 2.75) is 19.4 Å². The summed E-state index contributed by atoms with van der Waals surface area (Å²) in [5.41, 5.74) is 1.41. The van der Waals surface area contributed by atoms with E-state index in [1.54, 1.807) is 76.5 Å². The van der Waals surface area contributed by atoms with E-state index < -0.39 is 23.4 Å². The second-order valence-electron chi connectivity index (χ2n) is 10.2. The zero-order valence-corrected chi connectivity index (χ0v) is 25.3. The maximum Gasteiger partial charge on any atom is 3.00 e. The Labute approximate surface area is 256 Å². The van der Waals surface area contributed by atoms with Crippen LogP contribution in [0.15, 0.2) is 29.4 Å². The molecule has 13 heteroatoms. The SMILES string of the molecule is COC(=O)c1c2nc(c(C(C)(C)N=O)c3ccc([n-]3)c(C(=O)OC)c3nc(c(C(=O)N(C)C)c4ccc1[n-]4)C=C3)C=C2.[Mn+3]. The van der Waals surface area contributed by atoms with Gasteiger partial charge in [-0.15, -0.1) is 27.0 Å². The summed E-state index contributed by atoms with van der Waals surface area (Å²) in [6, 6.07) is 6.42. The number of carbonyl (C=O) groups is 3. The summed E-state index contributed by atoms with van der Waals surface area (Å²) in [6.45, 7) is 3.23. The second-order valence-corrected chi connectivity index (χ2v) is 10.2. The summed E-state index contributed by atoms with van der Waals surface area (Å²) in [5, 5.41) is 3.31. The van der Waals surface area contributed by atoms with Gasteiger partial charge in [-0.3, -0.25) is 4.79 Å². The van der Waals surface area contributed by atoms with E-state index in [2.05, 4.69) is 25.1 Å². The number of carbonyl (C=O) groups excluding carboxylic acids is 3. The van der Waals surface area contributed by atoms with E-state index in [1.165, 1.54) is 19.1 Å². The number of hydrogen-bond acceptors (Lipinski definition) is 9. The first kappa shape index (κ1) is 31.1. The third kappa shape index (κ3) is 5.40. The molecule has 0 aromatic carbocycles. The molecule has 12 nitrogen and oxygen atoms in total. The Bertz CT molecular complexity index is 1890. The molecule has 5 heterocycles. The van der Waals surface area contributed by atoms with E-state index in [9.17, 15) is 19.3 Å². The molecule has 0 atom stereocenters. The van der Waals surface area contributed by atoms with Gasteiger partial charge in [-0.1, -0.05) is 29.4 Å². The zero-order chi connectivity index (χ0) is 30.3. The van der Waals surface area contributed by atoms with Gasteiger partial charge in [-0.05, 0) is 43.7 Å². The smallest absolute Gasteiger partial charge is 0.657 e. The molecule has 5 rings (SSSR count). The van der Waals surface area contributed by atoms with E-state index in [0.29, 0.717) is 16.8 Å². The Morgan fingerprint density at radius 3 is 1.58 bits per heavy atom. The number of fused-ring (bicyclic) bond motifs is 8. The molecule has 0 spiro atoms. The second kappa shape index (κ2) is 11.8. The molecule has 0 saturated carbocycles. The third-order valence-corrected chi connectivity index (χ3v) is 6.85. The maximum atomic E-state index is 13.4. The molecule has 0 aliphatic carbocycles. The first-order valence-electron chi connectivity index (χ1n) is 12.8. The van der Waals surface area contributed by atoms with Crippen LogP contribution in [0.2, 0.25) is 0 Å². The standard InChI is InChI=1S/C30H27N6O6.Mn/c1-30(2,35-40)26-21-13-11-19(33-21)24(28(38)41-5)17-9-7-15(31-17)23(27(37)36(3)4)16-8-10-18(32-16)25(29(39)42-6)20-12-14-22(26)34-20;/h7-14H,1-6H3,(H-,31,32,33,34,37,38,39);/q-1;+3/p-1. The Kier molecular flexibility index (Phi) is 8.52. The normalized spacial score (nSPS) is 12.0. The van der Waals surface area contributed by atoms with Crippen LogP contribution < -0.4 is 9.97 Å². The topological polar surface area (TPSA) is 156 Å². The maximum absolute atomic E-state index is 13.4. The van der Waals surface area contributed by atoms with Crippen molar-refractivity contribution in [3.05, 3.63) is 74.2 Å². The Morgan fingerprint density at radius 2 is 1.12 bits per heavy atom. The van der Waals surface area contributed by atoms with Crippen LogP contribution in [0.25, 0.3) is 46.4 Å². The number of ether oxygens (including phenoxy) is 2. The van der Waals surface area contributed by atoms with Gasteiger partial charge in [0.05, 0.1) is 53.7 Å². The fraction of sp³-hybridized carbons (Fsp3) is 0.233. The van der Waals surface area contributed by atoms with Gasteiger partial charge in [0.2, 0.25) is 0 Å². The van der Waals surface area contributed by atoms with Crippen LogP contribution in [0.4, 0.5) is 0 Å². The van der Waals surface area contributed by atoms with Gasteiger partial charge in [0.1, 0.15) is 5.54 Å². The first-order valence-corrected chi connectivity index (χ1v) is 12.8. The van der Waals surface area contributed by atoms with Crippen LogP contribution >= 0.6 is 0 Å². The summed E-state index contributed by atoms with van der Waals surface area (Å²) in [7, 11) is 5.67. The van der Waals surface area contributed by atoms with Crippen LogP contribution in [0.5, 0.6) is 0 Å². The minimum absolute atomic E-state index is 0. The number of esters is 2. The van der Waals surface area contributed by atoms with Gasteiger partial charge in [0.25, 0.3) is 5.91 Å². The van der Waals surface area contributed by atoms with Crippen molar-refractivity contribution in [2.24, 2.45) is 5.18 Å². The van der Waals surface area contributed by atoms with E-state index in [-0.39, 0.29) is 67.4 Å². The average Bonchev–Trinajstić information content (AvgIpc) is 3.78. The molecule has 3 aromatic rings. The van der Waals surface area contributed by atoms with Crippen LogP contribution in [-0.2, 0) is 32.1 Å². The van der Waals surface area contributed by atoms with Gasteiger partial charge in [0, 0.05) is 14.1 Å². The van der Waals surface area contributed by atoms with Crippen molar-refractivity contribution in [2.75, 3.05) is 28.3 Å². The van der Waals surface area contributed by atoms with Crippen LogP contribution in [0.1, 0.15) is 73.3 Å². The van der Waals surface area contributed by atoms with E-state index in [4.69, 9.17) is 9.47 Å². The molecule has 2 aliphatic rings. The number of amides is 1. The predicted molar refractivity (Wildman–Crippen MR) is 156 cm³/mol. The molecule has 218 valence electrons. The molecule has 2 aliphatic heterocycles. The first-order chi connectivity index (χ1) is 20.0. The Hall–Kier alpha value is -4.87. The Balaban J connectivity index is 0.00000423. The van der Waals surface area contributed by atoms with Crippen molar-refractivity contribution >= 4 is 64.2 Å². The average molecular weight is 622 g/mol. The van der Waals surface area contributed by atoms with Gasteiger partial charge >= 0.3 is 29.0 Å². The van der Waals surface area contributed by atoms with Crippen molar-refractivity contribution in [1.82, 2.24) is 24.8 Å². The fourth-order valence-corrected chi connectivity index (χ4v) is 4.83. The largest absolute Gasteiger partial charge is 3.00 e. The summed E-state index contributed by atoms with van der Waals surface area (Å²) in [5.74, 6) is -1.78. The van der Waals surface area contributed by atoms with Crippen LogP contribution in [0, 0.1) is 4.91 Å². The molecule has 0 fully saturated rings.